The van der Waals surface area contributed by atoms with Gasteiger partial charge in [0.2, 0.25) is 0 Å². The Morgan fingerprint density at radius 2 is 1.92 bits per heavy atom. The van der Waals surface area contributed by atoms with Crippen molar-refractivity contribution in [1.29, 1.82) is 0 Å². The first-order valence-electron chi connectivity index (χ1n) is 5.24. The molecule has 0 aromatic heterocycles. The summed E-state index contributed by atoms with van der Waals surface area (Å²) in [5, 5.41) is 1.06. The molecule has 0 heterocycles. The molecule has 0 amide bonds. The quantitative estimate of drug-likeness (QED) is 0.629. The highest BCUT2D eigenvalue weighted by Crippen LogP contribution is 2.25. The lowest BCUT2D eigenvalue weighted by atomic mass is 9.91. The Labute approximate surface area is 88.8 Å². The molecule has 0 aromatic rings. The van der Waals surface area contributed by atoms with Crippen molar-refractivity contribution in [2.24, 2.45) is 0 Å². The van der Waals surface area contributed by atoms with Crippen LogP contribution in [0.3, 0.4) is 0 Å². The molecule has 1 aliphatic rings. The molecule has 0 N–H and O–H groups in total. The summed E-state index contributed by atoms with van der Waals surface area (Å²) in [6, 6.07) is 0.769. The molecule has 0 radical (unpaired) electrons. The second kappa shape index (κ2) is 6.77. The molecule has 78 valence electrons. The average Bonchev–Trinajstić information content (AvgIpc) is 2.06. The fourth-order valence-corrected chi connectivity index (χ4v) is 2.01. The molecule has 13 heavy (non-hydrogen) atoms. The Morgan fingerprint density at radius 3 is 2.38 bits per heavy atom. The Morgan fingerprint density at radius 1 is 1.23 bits per heavy atom. The van der Waals surface area contributed by atoms with Crippen molar-refractivity contribution in [3.8, 4) is 0 Å². The van der Waals surface area contributed by atoms with E-state index in [1.54, 1.807) is 0 Å². The van der Waals surface area contributed by atoms with Gasteiger partial charge in [-0.2, -0.15) is 0 Å². The first kappa shape index (κ1) is 11.4. The van der Waals surface area contributed by atoms with E-state index in [1.807, 2.05) is 0 Å². The van der Waals surface area contributed by atoms with Gasteiger partial charge in [0.25, 0.3) is 0 Å². The predicted molar refractivity (Wildman–Crippen MR) is 58.2 cm³/mol. The first-order valence-corrected chi connectivity index (χ1v) is 6.36. The first-order chi connectivity index (χ1) is 6.38. The fourth-order valence-electron chi connectivity index (χ4n) is 1.75. The topological polar surface area (TPSA) is 3.24 Å². The summed E-state index contributed by atoms with van der Waals surface area (Å²) < 4.78 is 12.0. The van der Waals surface area contributed by atoms with Crippen LogP contribution in [0, 0.1) is 0 Å². The van der Waals surface area contributed by atoms with Gasteiger partial charge >= 0.3 is 0 Å². The smallest absolute Gasteiger partial charge is 0.0906 e. The zero-order valence-electron chi connectivity index (χ0n) is 8.14. The van der Waals surface area contributed by atoms with Gasteiger partial charge in [0.05, 0.1) is 6.67 Å². The lowest BCUT2D eigenvalue weighted by molar-refractivity contribution is 0.123. The van der Waals surface area contributed by atoms with Crippen LogP contribution in [-0.2, 0) is 0 Å². The molecular formula is C10H19BrFN. The van der Waals surface area contributed by atoms with Crippen LogP contribution >= 0.6 is 15.9 Å². The van der Waals surface area contributed by atoms with Gasteiger partial charge in [-0.05, 0) is 32.2 Å². The summed E-state index contributed by atoms with van der Waals surface area (Å²) >= 11 is 3.43. The molecular weight excluding hydrogens is 233 g/mol. The molecule has 0 aliphatic heterocycles. The number of hydrogen-bond donors (Lipinski definition) is 0. The average molecular weight is 252 g/mol. The number of alkyl halides is 2. The predicted octanol–water partition coefficient (Wildman–Crippen LogP) is 2.99. The van der Waals surface area contributed by atoms with Crippen molar-refractivity contribution >= 4 is 15.9 Å². The summed E-state index contributed by atoms with van der Waals surface area (Å²) in [6.45, 7) is 1.92. The van der Waals surface area contributed by atoms with Crippen LogP contribution in [0.15, 0.2) is 0 Å². The van der Waals surface area contributed by atoms with Gasteiger partial charge in [0.1, 0.15) is 0 Å². The third kappa shape index (κ3) is 3.94. The summed E-state index contributed by atoms with van der Waals surface area (Å²) in [7, 11) is 0. The summed E-state index contributed by atoms with van der Waals surface area (Å²) in [5.41, 5.74) is 0. The third-order valence-corrected chi connectivity index (χ3v) is 3.31. The largest absolute Gasteiger partial charge is 0.300 e. The maximum Gasteiger partial charge on any atom is 0.0906 e. The van der Waals surface area contributed by atoms with E-state index in [4.69, 9.17) is 0 Å². The number of nitrogens with zero attached hydrogens (tertiary/aromatic N) is 1. The molecule has 0 saturated heterocycles. The van der Waals surface area contributed by atoms with E-state index in [-0.39, 0.29) is 6.67 Å². The van der Waals surface area contributed by atoms with E-state index >= 15 is 0 Å². The van der Waals surface area contributed by atoms with Crippen LogP contribution in [0.25, 0.3) is 0 Å². The molecule has 0 aromatic carbocycles. The van der Waals surface area contributed by atoms with E-state index < -0.39 is 0 Å². The van der Waals surface area contributed by atoms with Gasteiger partial charge in [0, 0.05) is 17.9 Å². The van der Waals surface area contributed by atoms with Gasteiger partial charge in [0.15, 0.2) is 0 Å². The molecule has 0 spiro atoms. The van der Waals surface area contributed by atoms with Crippen molar-refractivity contribution < 1.29 is 4.39 Å². The van der Waals surface area contributed by atoms with Crippen molar-refractivity contribution in [2.75, 3.05) is 25.1 Å². The van der Waals surface area contributed by atoms with Gasteiger partial charge in [-0.3, -0.25) is 4.39 Å². The van der Waals surface area contributed by atoms with E-state index in [9.17, 15) is 4.39 Å². The Hall–Kier alpha value is 0.370. The fraction of sp³-hybridized carbons (Fsp3) is 1.00. The summed E-state index contributed by atoms with van der Waals surface area (Å²) in [4.78, 5) is 2.46. The molecule has 1 fully saturated rings. The minimum atomic E-state index is -0.169. The van der Waals surface area contributed by atoms with Crippen LogP contribution in [-0.4, -0.2) is 36.0 Å². The second-order valence-electron chi connectivity index (χ2n) is 3.71. The van der Waals surface area contributed by atoms with Crippen LogP contribution in [0.2, 0.25) is 0 Å². The maximum atomic E-state index is 12.0. The summed E-state index contributed by atoms with van der Waals surface area (Å²) in [6.07, 6.45) is 5.91. The second-order valence-corrected chi connectivity index (χ2v) is 4.50. The highest BCUT2D eigenvalue weighted by molar-refractivity contribution is 9.09. The molecule has 1 aliphatic carbocycles. The molecule has 1 saturated carbocycles. The Bertz CT molecular complexity index is 120. The highest BCUT2D eigenvalue weighted by atomic mass is 79.9. The van der Waals surface area contributed by atoms with Crippen molar-refractivity contribution in [1.82, 2.24) is 4.90 Å². The van der Waals surface area contributed by atoms with Crippen molar-refractivity contribution in [3.05, 3.63) is 0 Å². The van der Waals surface area contributed by atoms with E-state index in [2.05, 4.69) is 20.8 Å². The van der Waals surface area contributed by atoms with Crippen LogP contribution < -0.4 is 0 Å². The standard InChI is InChI=1S/C10H19BrFN/c11-6-2-8-13(9-3-7-12)10-4-1-5-10/h10H,1-9H2. The van der Waals surface area contributed by atoms with Crippen molar-refractivity contribution in [3.63, 3.8) is 0 Å². The third-order valence-electron chi connectivity index (χ3n) is 2.75. The van der Waals surface area contributed by atoms with Crippen LogP contribution in [0.1, 0.15) is 32.1 Å². The highest BCUT2D eigenvalue weighted by Gasteiger charge is 2.23. The maximum absolute atomic E-state index is 12.0. The molecule has 0 atom stereocenters. The van der Waals surface area contributed by atoms with Gasteiger partial charge in [-0.15, -0.1) is 0 Å². The van der Waals surface area contributed by atoms with E-state index in [1.165, 1.54) is 25.7 Å². The minimum absolute atomic E-state index is 0.169. The number of rotatable bonds is 7. The van der Waals surface area contributed by atoms with Crippen molar-refractivity contribution in [2.45, 2.75) is 38.1 Å². The molecule has 3 heteroatoms. The number of hydrogen-bond acceptors (Lipinski definition) is 1. The molecule has 1 rings (SSSR count). The monoisotopic (exact) mass is 251 g/mol. The van der Waals surface area contributed by atoms with Gasteiger partial charge in [-0.25, -0.2) is 0 Å². The lowest BCUT2D eigenvalue weighted by Crippen LogP contribution is -2.41. The molecule has 1 nitrogen and oxygen atoms in total. The Kier molecular flexibility index (Phi) is 5.96. The lowest BCUT2D eigenvalue weighted by Gasteiger charge is -2.37. The van der Waals surface area contributed by atoms with E-state index in [0.29, 0.717) is 6.42 Å². The zero-order chi connectivity index (χ0) is 9.52. The Balaban J connectivity index is 2.16. The molecule has 0 unspecified atom stereocenters. The zero-order valence-corrected chi connectivity index (χ0v) is 9.73. The van der Waals surface area contributed by atoms with E-state index in [0.717, 1.165) is 24.5 Å². The van der Waals surface area contributed by atoms with Gasteiger partial charge in [-0.1, -0.05) is 22.4 Å². The molecule has 0 bridgehead atoms. The minimum Gasteiger partial charge on any atom is -0.300 e. The van der Waals surface area contributed by atoms with Gasteiger partial charge < -0.3 is 4.90 Å². The number of halogens is 2. The van der Waals surface area contributed by atoms with Crippen LogP contribution in [0.5, 0.6) is 0 Å². The normalized spacial score (nSPS) is 17.8. The SMILES string of the molecule is FCCCN(CCCBr)C1CCC1. The summed E-state index contributed by atoms with van der Waals surface area (Å²) in [5.74, 6) is 0. The van der Waals surface area contributed by atoms with Crippen LogP contribution in [0.4, 0.5) is 4.39 Å².